The SMILES string of the molecule is C[C@H]([NH2+]CC(=O)NNC(=O)COc1ccc(Cl)cc1)c1cccc(Cl)c1. The maximum Gasteiger partial charge on any atom is 0.293 e. The number of ether oxygens (including phenoxy) is 1. The molecule has 0 radical (unpaired) electrons. The largest absolute Gasteiger partial charge is 0.484 e. The molecule has 138 valence electrons. The van der Waals surface area contributed by atoms with Gasteiger partial charge in [-0.3, -0.25) is 20.4 Å². The Labute approximate surface area is 161 Å². The number of carbonyl (C=O) groups is 2. The number of nitrogens with one attached hydrogen (secondary N) is 2. The Morgan fingerprint density at radius 3 is 2.42 bits per heavy atom. The maximum absolute atomic E-state index is 11.8. The van der Waals surface area contributed by atoms with Crippen LogP contribution in [0.4, 0.5) is 0 Å². The van der Waals surface area contributed by atoms with Gasteiger partial charge in [0, 0.05) is 15.6 Å². The van der Waals surface area contributed by atoms with E-state index in [0.717, 1.165) is 5.56 Å². The summed E-state index contributed by atoms with van der Waals surface area (Å²) in [5.74, 6) is -0.269. The molecule has 0 saturated heterocycles. The third kappa shape index (κ3) is 6.92. The molecule has 0 fully saturated rings. The Balaban J connectivity index is 1.66. The summed E-state index contributed by atoms with van der Waals surface area (Å²) in [5, 5.41) is 3.08. The smallest absolute Gasteiger partial charge is 0.293 e. The van der Waals surface area contributed by atoms with Gasteiger partial charge in [-0.1, -0.05) is 35.3 Å². The Morgan fingerprint density at radius 1 is 1.04 bits per heavy atom. The lowest BCUT2D eigenvalue weighted by molar-refractivity contribution is -0.682. The van der Waals surface area contributed by atoms with Crippen molar-refractivity contribution in [3.8, 4) is 5.75 Å². The summed E-state index contributed by atoms with van der Waals surface area (Å²) in [7, 11) is 0. The van der Waals surface area contributed by atoms with E-state index in [-0.39, 0.29) is 25.1 Å². The normalized spacial score (nSPS) is 11.5. The minimum Gasteiger partial charge on any atom is -0.484 e. The van der Waals surface area contributed by atoms with Crippen LogP contribution in [0.25, 0.3) is 0 Å². The minimum absolute atomic E-state index is 0.0587. The van der Waals surface area contributed by atoms with Crippen LogP contribution in [0.1, 0.15) is 18.5 Å². The molecule has 0 spiro atoms. The van der Waals surface area contributed by atoms with Crippen molar-refractivity contribution >= 4 is 35.0 Å². The van der Waals surface area contributed by atoms with Crippen LogP contribution in [0.2, 0.25) is 10.0 Å². The van der Waals surface area contributed by atoms with Crippen LogP contribution in [0.15, 0.2) is 48.5 Å². The number of rotatable bonds is 7. The molecule has 2 aromatic rings. The molecule has 0 unspecified atom stereocenters. The van der Waals surface area contributed by atoms with E-state index in [1.807, 2.05) is 30.4 Å². The lowest BCUT2D eigenvalue weighted by atomic mass is 10.1. The van der Waals surface area contributed by atoms with Gasteiger partial charge < -0.3 is 10.1 Å². The van der Waals surface area contributed by atoms with E-state index in [9.17, 15) is 9.59 Å². The van der Waals surface area contributed by atoms with E-state index in [4.69, 9.17) is 27.9 Å². The van der Waals surface area contributed by atoms with Crippen molar-refractivity contribution in [2.75, 3.05) is 13.2 Å². The van der Waals surface area contributed by atoms with E-state index >= 15 is 0 Å². The number of hydrogen-bond donors (Lipinski definition) is 3. The molecule has 2 rings (SSSR count). The molecular formula is C18H20Cl2N3O3+. The zero-order chi connectivity index (χ0) is 18.9. The molecule has 0 aliphatic rings. The molecule has 8 heteroatoms. The van der Waals surface area contributed by atoms with Crippen LogP contribution in [0, 0.1) is 0 Å². The van der Waals surface area contributed by atoms with E-state index in [1.165, 1.54) is 0 Å². The second-order valence-corrected chi connectivity index (χ2v) is 6.50. The Hall–Kier alpha value is -2.28. The predicted octanol–water partition coefficient (Wildman–Crippen LogP) is 1.84. The highest BCUT2D eigenvalue weighted by Gasteiger charge is 2.12. The highest BCUT2D eigenvalue weighted by molar-refractivity contribution is 6.30. The van der Waals surface area contributed by atoms with Gasteiger partial charge in [0.15, 0.2) is 13.2 Å². The number of hydrogen-bond acceptors (Lipinski definition) is 3. The minimum atomic E-state index is -0.462. The average Bonchev–Trinajstić information content (AvgIpc) is 2.64. The Bertz CT molecular complexity index is 754. The van der Waals surface area contributed by atoms with Crippen LogP contribution < -0.4 is 20.9 Å². The quantitative estimate of drug-likeness (QED) is 0.624. The molecule has 0 saturated carbocycles. The third-order valence-corrected chi connectivity index (χ3v) is 4.04. The molecule has 1 atom stereocenters. The van der Waals surface area contributed by atoms with Gasteiger partial charge >= 0.3 is 0 Å². The van der Waals surface area contributed by atoms with E-state index in [0.29, 0.717) is 15.8 Å². The number of halogens is 2. The zero-order valence-electron chi connectivity index (χ0n) is 14.2. The molecule has 26 heavy (non-hydrogen) atoms. The van der Waals surface area contributed by atoms with Crippen molar-refractivity contribution in [2.45, 2.75) is 13.0 Å². The summed E-state index contributed by atoms with van der Waals surface area (Å²) >= 11 is 11.7. The highest BCUT2D eigenvalue weighted by atomic mass is 35.5. The summed E-state index contributed by atoms with van der Waals surface area (Å²) in [6, 6.07) is 14.2. The summed E-state index contributed by atoms with van der Waals surface area (Å²) < 4.78 is 5.28. The molecule has 0 aromatic heterocycles. The molecule has 2 amide bonds. The average molecular weight is 397 g/mol. The maximum atomic E-state index is 11.8. The van der Waals surface area contributed by atoms with Gasteiger partial charge in [-0.05, 0) is 43.3 Å². The number of carbonyl (C=O) groups excluding carboxylic acids is 2. The van der Waals surface area contributed by atoms with Gasteiger partial charge in [0.1, 0.15) is 11.8 Å². The van der Waals surface area contributed by atoms with Crippen molar-refractivity contribution < 1.29 is 19.6 Å². The molecule has 0 bridgehead atoms. The Kier molecular flexibility index (Phi) is 7.72. The topological polar surface area (TPSA) is 84.0 Å². The number of amides is 2. The monoisotopic (exact) mass is 396 g/mol. The van der Waals surface area contributed by atoms with Gasteiger partial charge in [0.05, 0.1) is 0 Å². The second-order valence-electron chi connectivity index (χ2n) is 5.62. The first kappa shape index (κ1) is 20.0. The summed E-state index contributed by atoms with van der Waals surface area (Å²) in [5.41, 5.74) is 5.67. The van der Waals surface area contributed by atoms with E-state index in [1.54, 1.807) is 30.3 Å². The number of hydrazine groups is 1. The van der Waals surface area contributed by atoms with Gasteiger partial charge in [-0.2, -0.15) is 0 Å². The van der Waals surface area contributed by atoms with E-state index in [2.05, 4.69) is 10.9 Å². The molecule has 0 heterocycles. The molecule has 6 nitrogen and oxygen atoms in total. The van der Waals surface area contributed by atoms with E-state index < -0.39 is 5.91 Å². The van der Waals surface area contributed by atoms with Crippen LogP contribution in [-0.4, -0.2) is 25.0 Å². The molecule has 0 aliphatic carbocycles. The van der Waals surface area contributed by atoms with Crippen LogP contribution in [0.3, 0.4) is 0 Å². The summed E-state index contributed by atoms with van der Waals surface area (Å²) in [6.07, 6.45) is 0. The lowest BCUT2D eigenvalue weighted by Crippen LogP contribution is -2.87. The van der Waals surface area contributed by atoms with Crippen LogP contribution >= 0.6 is 23.2 Å². The molecule has 0 aliphatic heterocycles. The van der Waals surface area contributed by atoms with Gasteiger partial charge in [-0.15, -0.1) is 0 Å². The van der Waals surface area contributed by atoms with Crippen molar-refractivity contribution in [3.05, 3.63) is 64.1 Å². The fraction of sp³-hybridized carbons (Fsp3) is 0.222. The van der Waals surface area contributed by atoms with Crippen molar-refractivity contribution in [1.82, 2.24) is 10.9 Å². The van der Waals surface area contributed by atoms with Crippen molar-refractivity contribution in [1.29, 1.82) is 0 Å². The summed E-state index contributed by atoms with van der Waals surface area (Å²) in [4.78, 5) is 23.5. The first-order valence-corrected chi connectivity index (χ1v) is 8.74. The molecular weight excluding hydrogens is 377 g/mol. The van der Waals surface area contributed by atoms with Gasteiger partial charge in [-0.25, -0.2) is 0 Å². The Morgan fingerprint density at radius 2 is 1.73 bits per heavy atom. The fourth-order valence-corrected chi connectivity index (χ4v) is 2.44. The third-order valence-electron chi connectivity index (χ3n) is 3.56. The standard InChI is InChI=1S/C18H19Cl2N3O3/c1-12(13-3-2-4-15(20)9-13)21-10-17(24)22-23-18(25)11-26-16-7-5-14(19)6-8-16/h2-9,12,21H,10-11H2,1H3,(H,22,24)(H,23,25)/p+1/t12-/m0/s1. The first-order valence-electron chi connectivity index (χ1n) is 7.99. The molecule has 2 aromatic carbocycles. The molecule has 4 N–H and O–H groups in total. The fourth-order valence-electron chi connectivity index (χ4n) is 2.12. The highest BCUT2D eigenvalue weighted by Crippen LogP contribution is 2.15. The zero-order valence-corrected chi connectivity index (χ0v) is 15.7. The lowest BCUT2D eigenvalue weighted by Gasteiger charge is -2.12. The van der Waals surface area contributed by atoms with Crippen molar-refractivity contribution in [3.63, 3.8) is 0 Å². The van der Waals surface area contributed by atoms with Gasteiger partial charge in [0.2, 0.25) is 0 Å². The first-order chi connectivity index (χ1) is 12.4. The van der Waals surface area contributed by atoms with Crippen molar-refractivity contribution in [2.24, 2.45) is 0 Å². The summed E-state index contributed by atoms with van der Waals surface area (Å²) in [6.45, 7) is 1.91. The van der Waals surface area contributed by atoms with Crippen LogP contribution in [-0.2, 0) is 9.59 Å². The predicted molar refractivity (Wildman–Crippen MR) is 99.9 cm³/mol. The number of quaternary nitrogens is 1. The second kappa shape index (κ2) is 10.0. The van der Waals surface area contributed by atoms with Gasteiger partial charge in [0.25, 0.3) is 11.8 Å². The number of benzene rings is 2. The number of nitrogens with two attached hydrogens (primary N) is 1. The van der Waals surface area contributed by atoms with Crippen LogP contribution in [0.5, 0.6) is 5.75 Å².